The molecule has 0 bridgehead atoms. The first kappa shape index (κ1) is 113. The van der Waals surface area contributed by atoms with Gasteiger partial charge in [0.05, 0.1) is 244 Å². The summed E-state index contributed by atoms with van der Waals surface area (Å²) in [7, 11) is 0. The van der Waals surface area contributed by atoms with Crippen LogP contribution in [-0.4, -0.2) is 422 Å². The van der Waals surface area contributed by atoms with Gasteiger partial charge in [0.2, 0.25) is 65.0 Å². The first-order valence-corrected chi connectivity index (χ1v) is 44.9. The zero-order chi connectivity index (χ0) is 95.1. The van der Waals surface area contributed by atoms with Crippen LogP contribution < -0.4 is 53.2 Å². The lowest BCUT2D eigenvalue weighted by Gasteiger charge is -2.37. The van der Waals surface area contributed by atoms with Gasteiger partial charge in [-0.15, -0.1) is 0 Å². The molecule has 0 unspecified atom stereocenters. The number of imide groups is 1. The molecule has 2 fully saturated rings. The molecule has 5 rings (SSSR count). The second-order valence-electron chi connectivity index (χ2n) is 30.4. The average Bonchev–Trinajstić information content (AvgIpc) is 1.27. The molecule has 1 saturated carbocycles. The van der Waals surface area contributed by atoms with E-state index in [0.717, 1.165) is 23.3 Å². The van der Waals surface area contributed by atoms with Gasteiger partial charge in [0.25, 0.3) is 11.8 Å². The largest absolute Gasteiger partial charge is 0.379 e. The van der Waals surface area contributed by atoms with Gasteiger partial charge in [0, 0.05) is 89.2 Å². The highest BCUT2D eigenvalue weighted by atomic mass is 16.6. The van der Waals surface area contributed by atoms with E-state index in [1.54, 1.807) is 59.5 Å². The molecular formula is C88H138N14O30. The van der Waals surface area contributed by atoms with Crippen LogP contribution in [-0.2, 0) is 156 Å². The highest BCUT2D eigenvalue weighted by Gasteiger charge is 2.30. The zero-order valence-corrected chi connectivity index (χ0v) is 76.3. The van der Waals surface area contributed by atoms with E-state index in [4.69, 9.17) is 71.1 Å². The summed E-state index contributed by atoms with van der Waals surface area (Å²) in [6.45, 7) is 10.2. The highest BCUT2D eigenvalue weighted by Crippen LogP contribution is 2.24. The van der Waals surface area contributed by atoms with Gasteiger partial charge in [0.1, 0.15) is 31.2 Å². The van der Waals surface area contributed by atoms with Gasteiger partial charge in [-0.1, -0.05) is 60.7 Å². The second-order valence-corrected chi connectivity index (χ2v) is 30.4. The zero-order valence-electron chi connectivity index (χ0n) is 76.3. The molecule has 44 nitrogen and oxygen atoms in total. The van der Waals surface area contributed by atoms with Crippen LogP contribution in [0.3, 0.4) is 0 Å². The van der Waals surface area contributed by atoms with E-state index in [-0.39, 0.29) is 178 Å². The number of nitrogens with one attached hydrogen (secondary N) is 10. The molecule has 2 heterocycles. The van der Waals surface area contributed by atoms with E-state index in [9.17, 15) is 71.9 Å². The van der Waals surface area contributed by atoms with Crippen LogP contribution in [0, 0.1) is 0 Å². The molecule has 2 atom stereocenters. The van der Waals surface area contributed by atoms with Crippen LogP contribution in [0.25, 0.3) is 0 Å². The summed E-state index contributed by atoms with van der Waals surface area (Å²) in [5.41, 5.74) is 1.48. The average molecular weight is 1870 g/mol. The van der Waals surface area contributed by atoms with Gasteiger partial charge in [-0.05, 0) is 50.7 Å². The number of carbonyl (C=O) groups excluding carboxylic acids is 15. The minimum atomic E-state index is -1.12. The Morgan fingerprint density at radius 3 is 1.19 bits per heavy atom. The quantitative estimate of drug-likeness (QED) is 0.0170. The van der Waals surface area contributed by atoms with E-state index in [1.165, 1.54) is 26.0 Å². The van der Waals surface area contributed by atoms with Gasteiger partial charge < -0.3 is 129 Å². The normalized spacial score (nSPS) is 16.5. The third-order valence-electron chi connectivity index (χ3n) is 19.8. The summed E-state index contributed by atoms with van der Waals surface area (Å²) < 4.78 is 85.5. The SMILES string of the molecule is CC(=O)CNC(=O)[C@H](Cc1ccccc1)NC(=O)CNC(=O)CNC(=O)CCOCCOCCN(CCOCCOCCC(=O)NCC(=O)NCC(=O)N[C@@H](Cc1ccccc1)C(=O)NCC(=O)NCOCC(C)=O)C1CCC(NC(=O)CN2CCOCCOCCOCCN(C(=O)CCOCCOCCOCCOCCN3C(=O)C=CC3=O)CCOCCOCCOCC2)CC1. The van der Waals surface area contributed by atoms with Crippen LogP contribution in [0.1, 0.15) is 69.9 Å². The number of carbonyl (C=O) groups is 15. The van der Waals surface area contributed by atoms with Crippen LogP contribution in [0.4, 0.5) is 0 Å². The molecule has 0 spiro atoms. The molecule has 13 amide bonds. The van der Waals surface area contributed by atoms with Crippen molar-refractivity contribution >= 4 is 88.4 Å². The van der Waals surface area contributed by atoms with Crippen LogP contribution in [0.5, 0.6) is 0 Å². The van der Waals surface area contributed by atoms with Crippen LogP contribution in [0.15, 0.2) is 72.8 Å². The van der Waals surface area contributed by atoms with Gasteiger partial charge in [0.15, 0.2) is 5.78 Å². The Bertz CT molecular complexity index is 3680. The number of nitrogens with zero attached hydrogens (tertiary/aromatic N) is 4. The van der Waals surface area contributed by atoms with Crippen molar-refractivity contribution in [2.24, 2.45) is 0 Å². The molecule has 2 aromatic carbocycles. The standard InChI is InChI=1S/C88H138N14O30/c1-68(103)59-93-87(116)74(57-70-9-5-3-6-10-70)97-81(110)63-91-78(107)60-89-76(105)19-29-118-39-42-123-34-24-100(25-35-124-43-40-119-30-20-77(106)90-61-79(108)92-64-82(111)98-75(58-71-11-7-4-8-12-71)88(117)94-62-80(109)95-67-132-66-69(2)104)73-15-13-72(14-16-73)96-83(112)65-99-22-32-121-44-50-129-52-46-125-36-26-101(27-37-126-47-53-130-51-45-122-33-23-99)84(113)21-31-120-41-49-128-55-56-131-54-48-127-38-28-102-85(114)17-18-86(102)115/h3-12,17-18,72-75H,13-16,19-67H2,1-2H3,(H,89,105)(H,90,106)(H,91,107)(H,92,108)(H,93,116)(H,94,117)(H,95,109)(H,96,112)(H,97,110)(H,98,111)/t72?,73?,74-,75-/m0/s1. The summed E-state index contributed by atoms with van der Waals surface area (Å²) in [5, 5.41) is 25.6. The molecule has 10 N–H and O–H groups in total. The number of hydrogen-bond acceptors (Lipinski definition) is 32. The minimum Gasteiger partial charge on any atom is -0.379 e. The predicted molar refractivity (Wildman–Crippen MR) is 472 cm³/mol. The number of ketones is 2. The maximum Gasteiger partial charge on any atom is 0.253 e. The van der Waals surface area contributed by atoms with E-state index in [2.05, 4.69) is 58.1 Å². The van der Waals surface area contributed by atoms with Crippen molar-refractivity contribution in [1.82, 2.24) is 72.8 Å². The van der Waals surface area contributed by atoms with Gasteiger partial charge >= 0.3 is 0 Å². The van der Waals surface area contributed by atoms with Crippen molar-refractivity contribution in [2.45, 2.75) is 95.8 Å². The number of Topliss-reactive ketones (excluding diaryl/α,β-unsaturated/α-hetero) is 2. The van der Waals surface area contributed by atoms with E-state index in [0.29, 0.717) is 177 Å². The Labute approximate surface area is 770 Å². The molecule has 2 aliphatic heterocycles. The third-order valence-corrected chi connectivity index (χ3v) is 19.8. The maximum absolute atomic E-state index is 13.8. The molecule has 44 heteroatoms. The predicted octanol–water partition coefficient (Wildman–Crippen LogP) is -4.39. The number of ether oxygens (including phenoxy) is 15. The van der Waals surface area contributed by atoms with Crippen molar-refractivity contribution in [3.8, 4) is 0 Å². The van der Waals surface area contributed by atoms with Crippen molar-refractivity contribution in [3.05, 3.63) is 83.9 Å². The maximum atomic E-state index is 13.8. The Morgan fingerprint density at radius 2 is 0.750 bits per heavy atom. The first-order valence-electron chi connectivity index (χ1n) is 44.9. The Morgan fingerprint density at radius 1 is 0.379 bits per heavy atom. The highest BCUT2D eigenvalue weighted by molar-refractivity contribution is 6.13. The van der Waals surface area contributed by atoms with Crippen LogP contribution in [0.2, 0.25) is 0 Å². The smallest absolute Gasteiger partial charge is 0.253 e. The lowest BCUT2D eigenvalue weighted by atomic mass is 9.90. The van der Waals surface area contributed by atoms with E-state index < -0.39 is 98.0 Å². The number of amides is 13. The van der Waals surface area contributed by atoms with Crippen molar-refractivity contribution in [3.63, 3.8) is 0 Å². The van der Waals surface area contributed by atoms with Gasteiger partial charge in [-0.25, -0.2) is 0 Å². The lowest BCUT2D eigenvalue weighted by Crippen LogP contribution is -2.52. The van der Waals surface area contributed by atoms with E-state index in [1.807, 2.05) is 11.0 Å². The lowest BCUT2D eigenvalue weighted by molar-refractivity contribution is -0.138. The summed E-state index contributed by atoms with van der Waals surface area (Å²) >= 11 is 0. The monoisotopic (exact) mass is 1870 g/mol. The fourth-order valence-corrected chi connectivity index (χ4v) is 12.9. The van der Waals surface area contributed by atoms with Crippen molar-refractivity contribution in [2.75, 3.05) is 290 Å². The Balaban J connectivity index is 0.995. The van der Waals surface area contributed by atoms with E-state index >= 15 is 0 Å². The molecule has 0 radical (unpaired) electrons. The Hall–Kier alpha value is -9.85. The molecule has 1 aliphatic carbocycles. The molecule has 3 aliphatic rings. The van der Waals surface area contributed by atoms with Gasteiger partial charge in [-0.3, -0.25) is 86.6 Å². The molecular weight excluding hydrogens is 1730 g/mol. The van der Waals surface area contributed by atoms with Crippen LogP contribution >= 0.6 is 0 Å². The molecule has 1 saturated heterocycles. The number of benzene rings is 2. The molecule has 740 valence electrons. The fraction of sp³-hybridized carbons (Fsp3) is 0.670. The van der Waals surface area contributed by atoms with Gasteiger partial charge in [-0.2, -0.15) is 0 Å². The Kier molecular flexibility index (Phi) is 62.0. The first-order chi connectivity index (χ1) is 64.1. The minimum absolute atomic E-state index is 0.0180. The summed E-state index contributed by atoms with van der Waals surface area (Å²) in [5.74, 6) is -6.89. The second kappa shape index (κ2) is 72.7. The summed E-state index contributed by atoms with van der Waals surface area (Å²) in [4.78, 5) is 195. The summed E-state index contributed by atoms with van der Waals surface area (Å²) in [6.07, 6.45) is 5.63. The fourth-order valence-electron chi connectivity index (χ4n) is 12.9. The summed E-state index contributed by atoms with van der Waals surface area (Å²) in [6, 6.07) is 15.7. The molecule has 0 aromatic heterocycles. The molecule has 2 aromatic rings. The number of rotatable bonds is 61. The third kappa shape index (κ3) is 56.9. The molecule has 132 heavy (non-hydrogen) atoms. The van der Waals surface area contributed by atoms with Crippen molar-refractivity contribution < 1.29 is 143 Å². The van der Waals surface area contributed by atoms with Crippen molar-refractivity contribution in [1.29, 1.82) is 0 Å². The topological polar surface area (TPSA) is 528 Å². The number of hydrogen-bond donors (Lipinski definition) is 10.